The van der Waals surface area contributed by atoms with Crippen LogP contribution >= 0.6 is 0 Å². The molecule has 0 saturated heterocycles. The van der Waals surface area contributed by atoms with Crippen molar-refractivity contribution in [2.75, 3.05) is 0 Å². The lowest BCUT2D eigenvalue weighted by atomic mass is 9.89. The van der Waals surface area contributed by atoms with Crippen LogP contribution in [0.25, 0.3) is 100.0 Å². The van der Waals surface area contributed by atoms with E-state index in [2.05, 4.69) is 170 Å². The van der Waals surface area contributed by atoms with E-state index < -0.39 is 0 Å². The van der Waals surface area contributed by atoms with Gasteiger partial charge in [0.15, 0.2) is 5.82 Å². The van der Waals surface area contributed by atoms with Crippen LogP contribution in [-0.4, -0.2) is 9.97 Å². The van der Waals surface area contributed by atoms with Crippen LogP contribution in [0.3, 0.4) is 0 Å². The summed E-state index contributed by atoms with van der Waals surface area (Å²) in [7, 11) is 0. The summed E-state index contributed by atoms with van der Waals surface area (Å²) in [5.74, 6) is 0.712. The maximum absolute atomic E-state index is 5.06. The quantitative estimate of drug-likeness (QED) is 0.188. The van der Waals surface area contributed by atoms with Crippen molar-refractivity contribution in [2.45, 2.75) is 0 Å². The van der Waals surface area contributed by atoms with Crippen molar-refractivity contribution in [1.82, 2.24) is 9.97 Å². The van der Waals surface area contributed by atoms with Gasteiger partial charge in [-0.05, 0) is 84.3 Å². The summed E-state index contributed by atoms with van der Waals surface area (Å²) >= 11 is 0. The van der Waals surface area contributed by atoms with E-state index in [1.165, 1.54) is 60.5 Å². The zero-order valence-corrected chi connectivity index (χ0v) is 27.2. The molecule has 2 heteroatoms. The van der Waals surface area contributed by atoms with Crippen molar-refractivity contribution < 1.29 is 0 Å². The third-order valence-corrected chi connectivity index (χ3v) is 10.0. The van der Waals surface area contributed by atoms with Crippen molar-refractivity contribution in [2.24, 2.45) is 0 Å². The summed E-state index contributed by atoms with van der Waals surface area (Å²) in [4.78, 5) is 10.1. The molecule has 0 amide bonds. The van der Waals surface area contributed by atoms with Crippen LogP contribution in [0.5, 0.6) is 0 Å². The van der Waals surface area contributed by atoms with E-state index in [9.17, 15) is 0 Å². The van der Waals surface area contributed by atoms with Crippen molar-refractivity contribution >= 4 is 21.5 Å². The molecule has 0 fully saturated rings. The van der Waals surface area contributed by atoms with Gasteiger partial charge < -0.3 is 0 Å². The molecule has 232 valence electrons. The van der Waals surface area contributed by atoms with E-state index in [-0.39, 0.29) is 0 Å². The molecule has 1 aliphatic carbocycles. The Balaban J connectivity index is 1.10. The predicted molar refractivity (Wildman–Crippen MR) is 209 cm³/mol. The average molecular weight is 635 g/mol. The molecule has 0 bridgehead atoms. The minimum absolute atomic E-state index is 0.712. The van der Waals surface area contributed by atoms with Crippen molar-refractivity contribution in [3.63, 3.8) is 0 Å². The number of hydrogen-bond donors (Lipinski definition) is 0. The van der Waals surface area contributed by atoms with Gasteiger partial charge in [0.25, 0.3) is 0 Å². The average Bonchev–Trinajstić information content (AvgIpc) is 3.53. The Morgan fingerprint density at radius 2 is 0.820 bits per heavy atom. The van der Waals surface area contributed by atoms with Gasteiger partial charge in [0.2, 0.25) is 0 Å². The van der Waals surface area contributed by atoms with Gasteiger partial charge in [-0.1, -0.05) is 164 Å². The summed E-state index contributed by atoms with van der Waals surface area (Å²) < 4.78 is 0. The predicted octanol–water partition coefficient (Wildman–Crippen LogP) is 12.8. The second kappa shape index (κ2) is 11.5. The Labute approximate surface area is 291 Å². The van der Waals surface area contributed by atoms with Crippen molar-refractivity contribution in [3.05, 3.63) is 182 Å². The molecule has 1 aliphatic rings. The van der Waals surface area contributed by atoms with Gasteiger partial charge in [0.05, 0.1) is 11.4 Å². The number of fused-ring (bicyclic) bond motifs is 4. The normalized spacial score (nSPS) is 11.6. The number of rotatable bonds is 5. The molecule has 0 saturated carbocycles. The van der Waals surface area contributed by atoms with Gasteiger partial charge in [-0.25, -0.2) is 9.97 Å². The number of nitrogens with zero attached hydrogens (tertiary/aromatic N) is 2. The largest absolute Gasteiger partial charge is 0.228 e. The molecule has 0 atom stereocenters. The van der Waals surface area contributed by atoms with E-state index >= 15 is 0 Å². The Kier molecular flexibility index (Phi) is 6.53. The van der Waals surface area contributed by atoms with E-state index in [0.717, 1.165) is 33.6 Å². The minimum atomic E-state index is 0.712. The molecule has 0 N–H and O–H groups in total. The Bertz CT molecular complexity index is 2640. The topological polar surface area (TPSA) is 25.8 Å². The first kappa shape index (κ1) is 28.4. The van der Waals surface area contributed by atoms with Crippen molar-refractivity contribution in [3.8, 4) is 78.4 Å². The summed E-state index contributed by atoms with van der Waals surface area (Å²) in [6.07, 6.45) is 0. The van der Waals surface area contributed by atoms with Gasteiger partial charge >= 0.3 is 0 Å². The molecule has 0 unspecified atom stereocenters. The molecule has 2 nitrogen and oxygen atoms in total. The fraction of sp³-hybridized carbons (Fsp3) is 0. The van der Waals surface area contributed by atoms with Crippen LogP contribution in [0.2, 0.25) is 0 Å². The van der Waals surface area contributed by atoms with Crippen molar-refractivity contribution in [1.29, 1.82) is 0 Å². The highest BCUT2D eigenvalue weighted by Gasteiger charge is 2.22. The monoisotopic (exact) mass is 634 g/mol. The first-order valence-corrected chi connectivity index (χ1v) is 17.1. The highest BCUT2D eigenvalue weighted by molar-refractivity contribution is 6.19. The number of hydrogen-bond acceptors (Lipinski definition) is 2. The highest BCUT2D eigenvalue weighted by atomic mass is 14.9. The minimum Gasteiger partial charge on any atom is -0.228 e. The Morgan fingerprint density at radius 3 is 1.52 bits per heavy atom. The van der Waals surface area contributed by atoms with E-state index in [1.54, 1.807) is 0 Å². The van der Waals surface area contributed by atoms with E-state index in [0.29, 0.717) is 5.82 Å². The second-order valence-corrected chi connectivity index (χ2v) is 13.0. The summed E-state index contributed by atoms with van der Waals surface area (Å²) in [6, 6.07) is 65.0. The molecule has 0 aliphatic heterocycles. The lowest BCUT2D eigenvalue weighted by Gasteiger charge is -2.14. The molecular weight excluding hydrogens is 605 g/mol. The SMILES string of the molecule is c1ccc(-c2cc(-c3ccccc3)nc(-c3ccc(-c4cc(-c5ccc6c7c(cccc57)-c5ccccc5-6)cc5ccccc45)cc3)n2)cc1. The number of aromatic nitrogens is 2. The van der Waals surface area contributed by atoms with E-state index in [1.807, 2.05) is 12.1 Å². The zero-order valence-electron chi connectivity index (χ0n) is 27.2. The first-order valence-electron chi connectivity index (χ1n) is 17.1. The molecule has 1 heterocycles. The molecule has 10 rings (SSSR count). The van der Waals surface area contributed by atoms with Crippen LogP contribution in [0, 0.1) is 0 Å². The van der Waals surface area contributed by atoms with Gasteiger partial charge in [-0.2, -0.15) is 0 Å². The van der Waals surface area contributed by atoms with Crippen LogP contribution in [0.4, 0.5) is 0 Å². The molecule has 8 aromatic carbocycles. The van der Waals surface area contributed by atoms with Crippen LogP contribution in [0.15, 0.2) is 182 Å². The maximum Gasteiger partial charge on any atom is 0.160 e. The molecule has 50 heavy (non-hydrogen) atoms. The smallest absolute Gasteiger partial charge is 0.160 e. The maximum atomic E-state index is 5.06. The van der Waals surface area contributed by atoms with Gasteiger partial charge in [-0.15, -0.1) is 0 Å². The molecule has 0 spiro atoms. The van der Waals surface area contributed by atoms with E-state index in [4.69, 9.17) is 9.97 Å². The van der Waals surface area contributed by atoms with Crippen LogP contribution in [0.1, 0.15) is 0 Å². The third kappa shape index (κ3) is 4.65. The van der Waals surface area contributed by atoms with Crippen LogP contribution < -0.4 is 0 Å². The molecule has 0 radical (unpaired) electrons. The summed E-state index contributed by atoms with van der Waals surface area (Å²) in [5.41, 5.74) is 15.1. The van der Waals surface area contributed by atoms with Gasteiger partial charge in [0, 0.05) is 16.7 Å². The molecular formula is C48H30N2. The summed E-state index contributed by atoms with van der Waals surface area (Å²) in [6.45, 7) is 0. The Morgan fingerprint density at radius 1 is 0.280 bits per heavy atom. The van der Waals surface area contributed by atoms with Gasteiger partial charge in [0.1, 0.15) is 0 Å². The first-order chi connectivity index (χ1) is 24.8. The zero-order chi connectivity index (χ0) is 33.0. The summed E-state index contributed by atoms with van der Waals surface area (Å²) in [5, 5.41) is 5.09. The lowest BCUT2D eigenvalue weighted by molar-refractivity contribution is 1.18. The lowest BCUT2D eigenvalue weighted by Crippen LogP contribution is -1.96. The fourth-order valence-electron chi connectivity index (χ4n) is 7.65. The fourth-order valence-corrected chi connectivity index (χ4v) is 7.65. The molecule has 9 aromatic rings. The van der Waals surface area contributed by atoms with Gasteiger partial charge in [-0.3, -0.25) is 0 Å². The second-order valence-electron chi connectivity index (χ2n) is 13.0. The Hall–Kier alpha value is -6.64. The molecule has 1 aromatic heterocycles. The third-order valence-electron chi connectivity index (χ3n) is 10.0. The standard InChI is InChI=1S/C48H30N2/c1-3-12-32(13-4-1)45-30-46(33-14-5-2-6-15-33)50-48(49-45)34-24-22-31(23-25-34)44-29-36(28-35-16-7-8-17-37(35)44)38-26-27-43-40-19-10-9-18-39(40)42-21-11-20-41(38)47(42)43/h1-30H. The highest BCUT2D eigenvalue weighted by Crippen LogP contribution is 2.49. The number of benzene rings is 8. The van der Waals surface area contributed by atoms with Crippen LogP contribution in [-0.2, 0) is 0 Å².